The van der Waals surface area contributed by atoms with E-state index in [1.54, 1.807) is 0 Å². The molecular formula is C19H21ClN2O. The first-order valence-electron chi connectivity index (χ1n) is 7.93. The molecule has 1 fully saturated rings. The predicted molar refractivity (Wildman–Crippen MR) is 95.5 cm³/mol. The summed E-state index contributed by atoms with van der Waals surface area (Å²) in [5.74, 6) is 0.130. The molecule has 1 aliphatic heterocycles. The van der Waals surface area contributed by atoms with Crippen LogP contribution >= 0.6 is 11.6 Å². The van der Waals surface area contributed by atoms with Gasteiger partial charge in [-0.2, -0.15) is 0 Å². The van der Waals surface area contributed by atoms with Crippen molar-refractivity contribution in [2.24, 2.45) is 0 Å². The topological polar surface area (TPSA) is 23.6 Å². The molecule has 0 aliphatic carbocycles. The highest BCUT2D eigenvalue weighted by molar-refractivity contribution is 6.31. The van der Waals surface area contributed by atoms with E-state index in [0.29, 0.717) is 0 Å². The molecule has 0 radical (unpaired) electrons. The molecule has 0 aromatic heterocycles. The van der Waals surface area contributed by atoms with Gasteiger partial charge in [0.05, 0.1) is 0 Å². The summed E-state index contributed by atoms with van der Waals surface area (Å²) in [6.45, 7) is 7.16. The normalized spacial score (nSPS) is 14.9. The molecule has 2 aromatic rings. The van der Waals surface area contributed by atoms with Gasteiger partial charge in [-0.15, -0.1) is 0 Å². The van der Waals surface area contributed by atoms with Gasteiger partial charge in [0.15, 0.2) is 0 Å². The van der Waals surface area contributed by atoms with Crippen LogP contribution in [0.4, 0.5) is 5.69 Å². The van der Waals surface area contributed by atoms with E-state index >= 15 is 0 Å². The molecule has 3 nitrogen and oxygen atoms in total. The Hall–Kier alpha value is -2.00. The van der Waals surface area contributed by atoms with E-state index in [9.17, 15) is 4.79 Å². The molecule has 0 unspecified atom stereocenters. The van der Waals surface area contributed by atoms with Gasteiger partial charge in [0.25, 0.3) is 5.91 Å². The quantitative estimate of drug-likeness (QED) is 0.834. The summed E-state index contributed by atoms with van der Waals surface area (Å²) >= 11 is 6.22. The lowest BCUT2D eigenvalue weighted by atomic mass is 10.1. The number of carbonyl (C=O) groups is 1. The Labute approximate surface area is 142 Å². The first-order valence-corrected chi connectivity index (χ1v) is 8.30. The standard InChI is InChI=1S/C19H21ClN2O/c1-14-6-3-4-7-16(14)19(23)22-12-10-21(11-13-22)18-9-5-8-17(20)15(18)2/h3-9H,10-13H2,1-2H3. The lowest BCUT2D eigenvalue weighted by molar-refractivity contribution is 0.0746. The molecular weight excluding hydrogens is 308 g/mol. The fraction of sp³-hybridized carbons (Fsp3) is 0.316. The third-order valence-corrected chi connectivity index (χ3v) is 4.93. The van der Waals surface area contributed by atoms with Crippen LogP contribution in [0.1, 0.15) is 21.5 Å². The van der Waals surface area contributed by atoms with Gasteiger partial charge in [-0.05, 0) is 43.2 Å². The highest BCUT2D eigenvalue weighted by atomic mass is 35.5. The van der Waals surface area contributed by atoms with E-state index in [1.165, 1.54) is 5.69 Å². The largest absolute Gasteiger partial charge is 0.368 e. The van der Waals surface area contributed by atoms with Crippen LogP contribution < -0.4 is 4.90 Å². The van der Waals surface area contributed by atoms with Gasteiger partial charge in [0.2, 0.25) is 0 Å². The summed E-state index contributed by atoms with van der Waals surface area (Å²) < 4.78 is 0. The minimum Gasteiger partial charge on any atom is -0.368 e. The Kier molecular flexibility index (Phi) is 4.58. The first-order chi connectivity index (χ1) is 11.1. The van der Waals surface area contributed by atoms with E-state index < -0.39 is 0 Å². The van der Waals surface area contributed by atoms with Gasteiger partial charge >= 0.3 is 0 Å². The Morgan fingerprint density at radius 1 is 0.957 bits per heavy atom. The van der Waals surface area contributed by atoms with Crippen molar-refractivity contribution in [3.8, 4) is 0 Å². The van der Waals surface area contributed by atoms with Crippen LogP contribution in [0.3, 0.4) is 0 Å². The van der Waals surface area contributed by atoms with Crippen LogP contribution in [0.2, 0.25) is 5.02 Å². The van der Waals surface area contributed by atoms with E-state index in [4.69, 9.17) is 11.6 Å². The SMILES string of the molecule is Cc1ccccc1C(=O)N1CCN(c2cccc(Cl)c2C)CC1. The Morgan fingerprint density at radius 2 is 1.65 bits per heavy atom. The number of aryl methyl sites for hydroxylation is 1. The van der Waals surface area contributed by atoms with Crippen LogP contribution in [0.5, 0.6) is 0 Å². The highest BCUT2D eigenvalue weighted by Gasteiger charge is 2.23. The molecule has 0 atom stereocenters. The van der Waals surface area contributed by atoms with Crippen LogP contribution in [0.25, 0.3) is 0 Å². The van der Waals surface area contributed by atoms with E-state index in [0.717, 1.165) is 47.9 Å². The predicted octanol–water partition coefficient (Wildman–Crippen LogP) is 3.92. The second-order valence-electron chi connectivity index (χ2n) is 5.98. The second-order valence-corrected chi connectivity index (χ2v) is 6.39. The van der Waals surface area contributed by atoms with Crippen molar-refractivity contribution in [2.45, 2.75) is 13.8 Å². The molecule has 0 bridgehead atoms. The molecule has 3 rings (SSSR count). The molecule has 1 heterocycles. The minimum atomic E-state index is 0.130. The molecule has 2 aromatic carbocycles. The van der Waals surface area contributed by atoms with Crippen molar-refractivity contribution in [3.63, 3.8) is 0 Å². The van der Waals surface area contributed by atoms with Crippen molar-refractivity contribution in [1.82, 2.24) is 4.90 Å². The number of amides is 1. The summed E-state index contributed by atoms with van der Waals surface area (Å²) in [4.78, 5) is 16.9. The van der Waals surface area contributed by atoms with Crippen molar-refractivity contribution in [3.05, 3.63) is 64.2 Å². The van der Waals surface area contributed by atoms with Gasteiger partial charge < -0.3 is 9.80 Å². The van der Waals surface area contributed by atoms with Crippen molar-refractivity contribution < 1.29 is 4.79 Å². The molecule has 0 N–H and O–H groups in total. The summed E-state index contributed by atoms with van der Waals surface area (Å²) in [5.41, 5.74) is 4.11. The number of anilines is 1. The van der Waals surface area contributed by atoms with Crippen LogP contribution in [-0.2, 0) is 0 Å². The molecule has 4 heteroatoms. The maximum absolute atomic E-state index is 12.7. The summed E-state index contributed by atoms with van der Waals surface area (Å²) in [6, 6.07) is 13.8. The molecule has 0 saturated carbocycles. The smallest absolute Gasteiger partial charge is 0.254 e. The number of benzene rings is 2. The Bertz CT molecular complexity index is 721. The fourth-order valence-electron chi connectivity index (χ4n) is 3.07. The summed E-state index contributed by atoms with van der Waals surface area (Å²) in [7, 11) is 0. The molecule has 1 aliphatic rings. The number of piperazine rings is 1. The number of hydrogen-bond donors (Lipinski definition) is 0. The number of rotatable bonds is 2. The van der Waals surface area contributed by atoms with Gasteiger partial charge in [-0.25, -0.2) is 0 Å². The summed E-state index contributed by atoms with van der Waals surface area (Å²) in [5, 5.41) is 0.793. The molecule has 23 heavy (non-hydrogen) atoms. The first kappa shape index (κ1) is 15.9. The van der Waals surface area contributed by atoms with Gasteiger partial charge in [-0.1, -0.05) is 35.9 Å². The molecule has 1 amide bonds. The Morgan fingerprint density at radius 3 is 2.35 bits per heavy atom. The van der Waals surface area contributed by atoms with Crippen LogP contribution in [0, 0.1) is 13.8 Å². The van der Waals surface area contributed by atoms with E-state index in [1.807, 2.05) is 55.1 Å². The van der Waals surface area contributed by atoms with Crippen molar-refractivity contribution in [2.75, 3.05) is 31.1 Å². The highest BCUT2D eigenvalue weighted by Crippen LogP contribution is 2.27. The number of hydrogen-bond acceptors (Lipinski definition) is 2. The number of carbonyl (C=O) groups excluding carboxylic acids is 1. The third kappa shape index (κ3) is 3.20. The zero-order valence-electron chi connectivity index (χ0n) is 13.6. The van der Waals surface area contributed by atoms with Gasteiger partial charge in [0, 0.05) is 42.5 Å². The Balaban J connectivity index is 1.70. The van der Waals surface area contributed by atoms with E-state index in [2.05, 4.69) is 11.0 Å². The maximum Gasteiger partial charge on any atom is 0.254 e. The fourth-order valence-corrected chi connectivity index (χ4v) is 3.24. The monoisotopic (exact) mass is 328 g/mol. The molecule has 120 valence electrons. The van der Waals surface area contributed by atoms with E-state index in [-0.39, 0.29) is 5.91 Å². The van der Waals surface area contributed by atoms with Crippen LogP contribution in [0.15, 0.2) is 42.5 Å². The molecule has 1 saturated heterocycles. The lowest BCUT2D eigenvalue weighted by Gasteiger charge is -2.37. The average Bonchev–Trinajstić information content (AvgIpc) is 2.57. The van der Waals surface area contributed by atoms with Crippen molar-refractivity contribution in [1.29, 1.82) is 0 Å². The summed E-state index contributed by atoms with van der Waals surface area (Å²) in [6.07, 6.45) is 0. The average molecular weight is 329 g/mol. The van der Waals surface area contributed by atoms with Crippen LogP contribution in [-0.4, -0.2) is 37.0 Å². The van der Waals surface area contributed by atoms with Gasteiger partial charge in [-0.3, -0.25) is 4.79 Å². The maximum atomic E-state index is 12.7. The third-order valence-electron chi connectivity index (χ3n) is 4.52. The zero-order valence-corrected chi connectivity index (χ0v) is 14.3. The van der Waals surface area contributed by atoms with Crippen molar-refractivity contribution >= 4 is 23.2 Å². The minimum absolute atomic E-state index is 0.130. The zero-order chi connectivity index (χ0) is 16.4. The lowest BCUT2D eigenvalue weighted by Crippen LogP contribution is -2.49. The second kappa shape index (κ2) is 6.63. The molecule has 0 spiro atoms. The number of halogens is 1. The number of nitrogens with zero attached hydrogens (tertiary/aromatic N) is 2. The van der Waals surface area contributed by atoms with Gasteiger partial charge in [0.1, 0.15) is 0 Å².